The lowest BCUT2D eigenvalue weighted by atomic mass is 10.0. The highest BCUT2D eigenvalue weighted by Crippen LogP contribution is 2.36. The third kappa shape index (κ3) is 4.60. The van der Waals surface area contributed by atoms with Crippen LogP contribution in [-0.2, 0) is 0 Å². The maximum absolute atomic E-state index is 9.75. The molecule has 2 aromatic carbocycles. The Morgan fingerprint density at radius 1 is 1.06 bits per heavy atom. The quantitative estimate of drug-likeness (QED) is 0.331. The Bertz CT molecular complexity index is 1390. The number of rotatable bonds is 6. The van der Waals surface area contributed by atoms with Crippen LogP contribution in [0, 0.1) is 30.6 Å². The summed E-state index contributed by atoms with van der Waals surface area (Å²) in [5.41, 5.74) is 5.33. The molecule has 0 aliphatic rings. The molecule has 2 N–H and O–H groups in total. The molecule has 0 unspecified atom stereocenters. The van der Waals surface area contributed by atoms with Crippen molar-refractivity contribution in [1.82, 2.24) is 9.97 Å². The van der Waals surface area contributed by atoms with Crippen LogP contribution in [0.15, 0.2) is 67.0 Å². The van der Waals surface area contributed by atoms with Gasteiger partial charge in [-0.3, -0.25) is 9.97 Å². The molecule has 4 aromatic rings. The summed E-state index contributed by atoms with van der Waals surface area (Å²) < 4.78 is 0. The van der Waals surface area contributed by atoms with Crippen molar-refractivity contribution in [3.63, 3.8) is 0 Å². The Hall–Kier alpha value is -4.06. The van der Waals surface area contributed by atoms with Gasteiger partial charge in [0.2, 0.25) is 0 Å². The molecule has 0 amide bonds. The molecular weight excluding hydrogens is 430 g/mol. The van der Waals surface area contributed by atoms with E-state index < -0.39 is 0 Å². The topological polar surface area (TPSA) is 73.6 Å². The first-order chi connectivity index (χ1) is 16.0. The second-order valence-corrected chi connectivity index (χ2v) is 8.12. The lowest BCUT2D eigenvalue weighted by Crippen LogP contribution is -2.11. The van der Waals surface area contributed by atoms with E-state index in [1.165, 1.54) is 0 Å². The Morgan fingerprint density at radius 3 is 2.55 bits per heavy atom. The van der Waals surface area contributed by atoms with Crippen molar-refractivity contribution in [2.24, 2.45) is 0 Å². The third-order valence-corrected chi connectivity index (χ3v) is 5.83. The summed E-state index contributed by atoms with van der Waals surface area (Å²) in [6, 6.07) is 19.4. The van der Waals surface area contributed by atoms with E-state index in [-0.39, 0.29) is 12.1 Å². The lowest BCUT2D eigenvalue weighted by Gasteiger charge is -2.20. The van der Waals surface area contributed by atoms with Gasteiger partial charge in [-0.1, -0.05) is 53.9 Å². The summed E-state index contributed by atoms with van der Waals surface area (Å²) in [5.74, 6) is 2.79. The second-order valence-electron chi connectivity index (χ2n) is 7.71. The maximum Gasteiger partial charge on any atom is 0.115 e. The number of anilines is 2. The Kier molecular flexibility index (Phi) is 6.45. The van der Waals surface area contributed by atoms with Crippen LogP contribution < -0.4 is 10.6 Å². The van der Waals surface area contributed by atoms with Gasteiger partial charge in [-0.05, 0) is 37.6 Å². The van der Waals surface area contributed by atoms with Gasteiger partial charge in [-0.25, -0.2) is 0 Å². The zero-order chi connectivity index (χ0) is 23.4. The monoisotopic (exact) mass is 451 g/mol. The van der Waals surface area contributed by atoms with E-state index in [2.05, 4.69) is 32.6 Å². The van der Waals surface area contributed by atoms with Gasteiger partial charge in [-0.15, -0.1) is 6.42 Å². The number of hydrogen-bond acceptors (Lipinski definition) is 5. The zero-order valence-electron chi connectivity index (χ0n) is 18.3. The molecule has 2 aromatic heterocycles. The molecule has 0 radical (unpaired) electrons. The van der Waals surface area contributed by atoms with Gasteiger partial charge in [-0.2, -0.15) is 5.26 Å². The normalized spacial score (nSPS) is 12.4. The molecule has 0 bridgehead atoms. The van der Waals surface area contributed by atoms with Gasteiger partial charge < -0.3 is 10.6 Å². The Balaban J connectivity index is 1.78. The maximum atomic E-state index is 9.75. The molecule has 6 heteroatoms. The summed E-state index contributed by atoms with van der Waals surface area (Å²) in [6.07, 6.45) is 9.12. The van der Waals surface area contributed by atoms with E-state index in [0.717, 1.165) is 27.9 Å². The molecule has 162 valence electrons. The van der Waals surface area contributed by atoms with Gasteiger partial charge >= 0.3 is 0 Å². The zero-order valence-corrected chi connectivity index (χ0v) is 19.1. The summed E-state index contributed by atoms with van der Waals surface area (Å²) >= 11 is 6.61. The van der Waals surface area contributed by atoms with Crippen LogP contribution >= 0.6 is 11.6 Å². The number of nitrogens with zero attached hydrogens (tertiary/aromatic N) is 3. The molecule has 0 spiro atoms. The molecule has 2 atom stereocenters. The van der Waals surface area contributed by atoms with Crippen molar-refractivity contribution < 1.29 is 0 Å². The minimum absolute atomic E-state index is 0.0317. The summed E-state index contributed by atoms with van der Waals surface area (Å²) in [7, 11) is 0. The number of nitrogens with one attached hydrogen (secondary N) is 2. The number of terminal acetylenes is 1. The molecule has 33 heavy (non-hydrogen) atoms. The summed E-state index contributed by atoms with van der Waals surface area (Å²) in [6.45, 7) is 3.97. The number of hydrogen-bond donors (Lipinski definition) is 2. The van der Waals surface area contributed by atoms with Crippen LogP contribution in [0.3, 0.4) is 0 Å². The van der Waals surface area contributed by atoms with E-state index >= 15 is 0 Å². The van der Waals surface area contributed by atoms with Crippen LogP contribution in [0.5, 0.6) is 0 Å². The number of pyridine rings is 2. The van der Waals surface area contributed by atoms with Crippen LogP contribution in [-0.4, -0.2) is 9.97 Å². The molecule has 0 saturated carbocycles. The van der Waals surface area contributed by atoms with Gasteiger partial charge in [0.1, 0.15) is 12.1 Å². The minimum atomic E-state index is -0.390. The number of aryl methyl sites for hydroxylation is 1. The fraction of sp³-hybridized carbons (Fsp3) is 0.148. The number of fused-ring (bicyclic) bond motifs is 1. The smallest absolute Gasteiger partial charge is 0.115 e. The Labute approximate surface area is 198 Å². The molecule has 0 fully saturated rings. The molecule has 0 saturated heterocycles. The molecule has 5 nitrogen and oxygen atoms in total. The van der Waals surface area contributed by atoms with E-state index in [1.807, 2.05) is 62.4 Å². The molecular formula is C27H22ClN5. The van der Waals surface area contributed by atoms with Gasteiger partial charge in [0.15, 0.2) is 0 Å². The van der Waals surface area contributed by atoms with Crippen molar-refractivity contribution in [3.8, 4) is 18.4 Å². The van der Waals surface area contributed by atoms with Crippen molar-refractivity contribution in [2.45, 2.75) is 25.9 Å². The summed E-state index contributed by atoms with van der Waals surface area (Å²) in [5, 5.41) is 17.8. The predicted octanol–water partition coefficient (Wildman–Crippen LogP) is 6.42. The van der Waals surface area contributed by atoms with E-state index in [0.29, 0.717) is 21.8 Å². The fourth-order valence-electron chi connectivity index (χ4n) is 3.80. The average molecular weight is 452 g/mol. The highest BCUT2D eigenvalue weighted by Gasteiger charge is 2.17. The minimum Gasteiger partial charge on any atom is -0.377 e. The molecule has 4 rings (SSSR count). The van der Waals surface area contributed by atoms with E-state index in [1.54, 1.807) is 18.5 Å². The van der Waals surface area contributed by atoms with Gasteiger partial charge in [0.05, 0.1) is 21.8 Å². The third-order valence-electron chi connectivity index (χ3n) is 5.54. The number of aromatic nitrogens is 2. The van der Waals surface area contributed by atoms with Crippen LogP contribution in [0.2, 0.25) is 5.02 Å². The predicted molar refractivity (Wildman–Crippen MR) is 134 cm³/mol. The van der Waals surface area contributed by atoms with Crippen molar-refractivity contribution in [1.29, 1.82) is 5.26 Å². The average Bonchev–Trinajstić information content (AvgIpc) is 2.84. The van der Waals surface area contributed by atoms with E-state index in [9.17, 15) is 5.26 Å². The summed E-state index contributed by atoms with van der Waals surface area (Å²) in [4.78, 5) is 8.77. The number of halogens is 1. The lowest BCUT2D eigenvalue weighted by molar-refractivity contribution is 0.885. The SMILES string of the molecule is C#C[C@@H](Nc1cc(Cl)c2ncc(C#N)c(N[C@H](C)c3ccccc3)c2c1)c1cccnc1C. The first kappa shape index (κ1) is 22.1. The van der Waals surface area contributed by atoms with Gasteiger partial charge in [0, 0.05) is 40.8 Å². The number of benzene rings is 2. The standard InChI is InChI=1S/C27H22ClN5/c1-4-25(22-11-8-12-30-18(22)3)33-21-13-23-26(32-17(2)19-9-6-5-7-10-19)20(15-29)16-31-27(23)24(28)14-21/h1,5-14,16-17,25,33H,2-3H3,(H,31,32)/t17-,25-/m1/s1. The van der Waals surface area contributed by atoms with E-state index in [4.69, 9.17) is 18.0 Å². The first-order valence-electron chi connectivity index (χ1n) is 10.5. The molecule has 0 aliphatic heterocycles. The van der Waals surface area contributed by atoms with Crippen LogP contribution in [0.1, 0.15) is 41.4 Å². The van der Waals surface area contributed by atoms with Crippen LogP contribution in [0.4, 0.5) is 11.4 Å². The highest BCUT2D eigenvalue weighted by atomic mass is 35.5. The number of nitriles is 1. The Morgan fingerprint density at radius 2 is 1.85 bits per heavy atom. The highest BCUT2D eigenvalue weighted by molar-refractivity contribution is 6.35. The van der Waals surface area contributed by atoms with Crippen molar-refractivity contribution in [2.75, 3.05) is 10.6 Å². The largest absolute Gasteiger partial charge is 0.377 e. The second kappa shape index (κ2) is 9.61. The van der Waals surface area contributed by atoms with Crippen molar-refractivity contribution in [3.05, 3.63) is 94.4 Å². The van der Waals surface area contributed by atoms with Gasteiger partial charge in [0.25, 0.3) is 0 Å². The molecule has 0 aliphatic carbocycles. The van der Waals surface area contributed by atoms with Crippen molar-refractivity contribution >= 4 is 33.9 Å². The molecule has 2 heterocycles. The fourth-order valence-corrected chi connectivity index (χ4v) is 4.07. The first-order valence-corrected chi connectivity index (χ1v) is 10.9. The van der Waals surface area contributed by atoms with Crippen LogP contribution in [0.25, 0.3) is 10.9 Å².